The fourth-order valence-corrected chi connectivity index (χ4v) is 1.38. The second kappa shape index (κ2) is 8.49. The summed E-state index contributed by atoms with van der Waals surface area (Å²) in [4.78, 5) is 37.4. The average Bonchev–Trinajstić information content (AvgIpc) is 2.42. The molecule has 0 bridgehead atoms. The molecular formula is C12H20N2O6. The predicted molar refractivity (Wildman–Crippen MR) is 67.9 cm³/mol. The molecule has 8 nitrogen and oxygen atoms in total. The summed E-state index contributed by atoms with van der Waals surface area (Å²) in [6, 6.07) is 0. The highest BCUT2D eigenvalue weighted by Crippen LogP contribution is 1.93. The number of hydrogen-bond acceptors (Lipinski definition) is 6. The first-order valence-corrected chi connectivity index (χ1v) is 6.29. The van der Waals surface area contributed by atoms with Crippen LogP contribution in [0.4, 0.5) is 0 Å². The zero-order chi connectivity index (χ0) is 15.0. The Labute approximate surface area is 117 Å². The summed E-state index contributed by atoms with van der Waals surface area (Å²) < 4.78 is 15.0. The largest absolute Gasteiger partial charge is 0.454 e. The molecule has 0 radical (unpaired) electrons. The summed E-state index contributed by atoms with van der Waals surface area (Å²) in [6.07, 6.45) is 0. The van der Waals surface area contributed by atoms with Crippen molar-refractivity contribution in [3.8, 4) is 0 Å². The molecule has 0 N–H and O–H groups in total. The van der Waals surface area contributed by atoms with Crippen molar-refractivity contribution in [2.24, 2.45) is 0 Å². The van der Waals surface area contributed by atoms with Crippen LogP contribution in [-0.2, 0) is 28.6 Å². The molecule has 0 spiro atoms. The van der Waals surface area contributed by atoms with Crippen LogP contribution in [-0.4, -0.2) is 87.8 Å². The average molecular weight is 288 g/mol. The molecule has 0 saturated carbocycles. The van der Waals surface area contributed by atoms with Crippen molar-refractivity contribution in [3.63, 3.8) is 0 Å². The minimum absolute atomic E-state index is 0.209. The molecule has 0 aliphatic carbocycles. The van der Waals surface area contributed by atoms with Gasteiger partial charge in [0.15, 0.2) is 6.61 Å². The summed E-state index contributed by atoms with van der Waals surface area (Å²) in [5, 5.41) is 0. The van der Waals surface area contributed by atoms with Gasteiger partial charge in [0.05, 0.1) is 13.2 Å². The number of carbonyl (C=O) groups is 3. The van der Waals surface area contributed by atoms with Gasteiger partial charge in [0.25, 0.3) is 5.91 Å². The number of esters is 1. The molecule has 0 aromatic heterocycles. The van der Waals surface area contributed by atoms with Gasteiger partial charge in [-0.05, 0) is 0 Å². The van der Waals surface area contributed by atoms with Gasteiger partial charge in [-0.15, -0.1) is 0 Å². The summed E-state index contributed by atoms with van der Waals surface area (Å²) in [5.74, 6) is -1.23. The lowest BCUT2D eigenvalue weighted by Crippen LogP contribution is -2.34. The maximum absolute atomic E-state index is 11.6. The highest BCUT2D eigenvalue weighted by Gasteiger charge is 2.14. The van der Waals surface area contributed by atoms with E-state index in [1.54, 1.807) is 14.1 Å². The first-order chi connectivity index (χ1) is 9.50. The minimum Gasteiger partial charge on any atom is -0.454 e. The van der Waals surface area contributed by atoms with Crippen LogP contribution in [0, 0.1) is 0 Å². The second-order valence-electron chi connectivity index (χ2n) is 4.40. The topological polar surface area (TPSA) is 85.4 Å². The number of carbonyl (C=O) groups excluding carboxylic acids is 3. The molecule has 1 rings (SSSR count). The van der Waals surface area contributed by atoms with E-state index in [1.165, 1.54) is 9.80 Å². The third-order valence-corrected chi connectivity index (χ3v) is 2.80. The number of ether oxygens (including phenoxy) is 3. The van der Waals surface area contributed by atoms with Crippen molar-refractivity contribution < 1.29 is 28.6 Å². The molecule has 1 aliphatic rings. The maximum Gasteiger partial charge on any atom is 0.332 e. The van der Waals surface area contributed by atoms with Crippen LogP contribution >= 0.6 is 0 Å². The number of hydrogen-bond donors (Lipinski definition) is 0. The normalized spacial score (nSPS) is 21.2. The Kier molecular flexibility index (Phi) is 6.96. The maximum atomic E-state index is 11.6. The quantitative estimate of drug-likeness (QED) is 0.504. The molecule has 0 aromatic rings. The van der Waals surface area contributed by atoms with E-state index in [9.17, 15) is 14.4 Å². The van der Waals surface area contributed by atoms with E-state index in [1.807, 2.05) is 0 Å². The molecule has 1 fully saturated rings. The Morgan fingerprint density at radius 3 is 1.95 bits per heavy atom. The zero-order valence-electron chi connectivity index (χ0n) is 11.8. The van der Waals surface area contributed by atoms with Gasteiger partial charge in [-0.25, -0.2) is 4.79 Å². The smallest absolute Gasteiger partial charge is 0.332 e. The van der Waals surface area contributed by atoms with E-state index >= 15 is 0 Å². The molecule has 0 atom stereocenters. The highest BCUT2D eigenvalue weighted by atomic mass is 16.6. The molecule has 2 amide bonds. The van der Waals surface area contributed by atoms with Crippen LogP contribution < -0.4 is 0 Å². The number of cyclic esters (lactones) is 1. The van der Waals surface area contributed by atoms with Crippen molar-refractivity contribution in [1.82, 2.24) is 9.80 Å². The highest BCUT2D eigenvalue weighted by molar-refractivity contribution is 5.81. The molecular weight excluding hydrogens is 268 g/mol. The molecule has 0 aromatic carbocycles. The summed E-state index contributed by atoms with van der Waals surface area (Å²) >= 11 is 0. The van der Waals surface area contributed by atoms with Crippen LogP contribution in [0.15, 0.2) is 0 Å². The van der Waals surface area contributed by atoms with Crippen LogP contribution in [0.2, 0.25) is 0 Å². The SMILES string of the molecule is CN1CCOCCN(C)C(=O)COC(=O)COCC1=O. The first kappa shape index (κ1) is 16.4. The summed E-state index contributed by atoms with van der Waals surface area (Å²) in [6.45, 7) is 0.641. The number of likely N-dealkylation sites (N-methyl/N-ethyl adjacent to an activating group) is 2. The van der Waals surface area contributed by atoms with Crippen LogP contribution in [0.1, 0.15) is 0 Å². The van der Waals surface area contributed by atoms with Crippen LogP contribution in [0.5, 0.6) is 0 Å². The number of amides is 2. The van der Waals surface area contributed by atoms with E-state index in [0.29, 0.717) is 26.3 Å². The van der Waals surface area contributed by atoms with E-state index in [4.69, 9.17) is 14.2 Å². The van der Waals surface area contributed by atoms with E-state index < -0.39 is 5.97 Å². The van der Waals surface area contributed by atoms with Crippen LogP contribution in [0.25, 0.3) is 0 Å². The number of rotatable bonds is 0. The fraction of sp³-hybridized carbons (Fsp3) is 0.750. The predicted octanol–water partition coefficient (Wildman–Crippen LogP) is -1.51. The van der Waals surface area contributed by atoms with Crippen molar-refractivity contribution in [2.75, 3.05) is 60.2 Å². The Morgan fingerprint density at radius 2 is 1.35 bits per heavy atom. The summed E-state index contributed by atoms with van der Waals surface area (Å²) in [5.41, 5.74) is 0. The van der Waals surface area contributed by atoms with Crippen molar-refractivity contribution in [2.45, 2.75) is 0 Å². The molecule has 1 saturated heterocycles. The van der Waals surface area contributed by atoms with Gasteiger partial charge in [-0.1, -0.05) is 0 Å². The molecule has 0 unspecified atom stereocenters. The van der Waals surface area contributed by atoms with Gasteiger partial charge in [-0.3, -0.25) is 9.59 Å². The van der Waals surface area contributed by atoms with Gasteiger partial charge < -0.3 is 24.0 Å². The standard InChI is InChI=1S/C12H20N2O6/c1-13-3-5-18-6-4-14(2)11(16)8-20-12(17)9-19-7-10(13)15/h3-9H2,1-2H3. The molecule has 1 heterocycles. The Balaban J connectivity index is 2.52. The third kappa shape index (κ3) is 5.98. The molecule has 8 heteroatoms. The van der Waals surface area contributed by atoms with E-state index in [0.717, 1.165) is 0 Å². The Morgan fingerprint density at radius 1 is 0.800 bits per heavy atom. The van der Waals surface area contributed by atoms with Crippen molar-refractivity contribution in [3.05, 3.63) is 0 Å². The molecule has 20 heavy (non-hydrogen) atoms. The van der Waals surface area contributed by atoms with Gasteiger partial charge in [-0.2, -0.15) is 0 Å². The van der Waals surface area contributed by atoms with Crippen LogP contribution in [0.3, 0.4) is 0 Å². The lowest BCUT2D eigenvalue weighted by Gasteiger charge is -2.18. The van der Waals surface area contributed by atoms with E-state index in [2.05, 4.69) is 0 Å². The Hall–Kier alpha value is -1.67. The lowest BCUT2D eigenvalue weighted by atomic mass is 10.5. The molecule has 1 aliphatic heterocycles. The van der Waals surface area contributed by atoms with Gasteiger partial charge in [0.1, 0.15) is 13.2 Å². The van der Waals surface area contributed by atoms with E-state index in [-0.39, 0.29) is 31.6 Å². The van der Waals surface area contributed by atoms with Gasteiger partial charge >= 0.3 is 5.97 Å². The lowest BCUT2D eigenvalue weighted by molar-refractivity contribution is -0.156. The third-order valence-electron chi connectivity index (χ3n) is 2.80. The van der Waals surface area contributed by atoms with Crippen molar-refractivity contribution in [1.29, 1.82) is 0 Å². The second-order valence-corrected chi connectivity index (χ2v) is 4.40. The zero-order valence-corrected chi connectivity index (χ0v) is 11.8. The summed E-state index contributed by atoms with van der Waals surface area (Å²) in [7, 11) is 3.23. The minimum atomic E-state index is -0.673. The monoisotopic (exact) mass is 288 g/mol. The first-order valence-electron chi connectivity index (χ1n) is 6.29. The fourth-order valence-electron chi connectivity index (χ4n) is 1.38. The number of nitrogens with zero attached hydrogens (tertiary/aromatic N) is 2. The van der Waals surface area contributed by atoms with Crippen molar-refractivity contribution >= 4 is 17.8 Å². The van der Waals surface area contributed by atoms with Gasteiger partial charge in [0, 0.05) is 27.2 Å². The molecule has 114 valence electrons. The Bertz CT molecular complexity index is 360. The van der Waals surface area contributed by atoms with Gasteiger partial charge in [0.2, 0.25) is 5.91 Å².